The summed E-state index contributed by atoms with van der Waals surface area (Å²) < 4.78 is 20.2. The Balaban J connectivity index is 1.24. The normalized spacial score (nSPS) is 23.2. The molecule has 1 saturated carbocycles. The molecule has 2 aromatic carbocycles. The number of piperazine rings is 1. The fourth-order valence-electron chi connectivity index (χ4n) is 6.08. The van der Waals surface area contributed by atoms with Crippen LogP contribution in [0.5, 0.6) is 11.6 Å². The molecule has 1 aromatic heterocycles. The zero-order chi connectivity index (χ0) is 28.8. The summed E-state index contributed by atoms with van der Waals surface area (Å²) in [6.07, 6.45) is 6.53. The SMILES string of the molecule is C[C@@H]1CN(CCCc2cccc(-c3cccc(Oc4ncc(F)cc4C(=O)NC4CCC(N)CC4)c3)c2)C[C@H](C)N1. The molecule has 1 aliphatic heterocycles. The van der Waals surface area contributed by atoms with Crippen molar-refractivity contribution in [2.75, 3.05) is 19.6 Å². The molecule has 218 valence electrons. The lowest BCUT2D eigenvalue weighted by Gasteiger charge is -2.36. The molecule has 0 bridgehead atoms. The first-order chi connectivity index (χ1) is 19.8. The lowest BCUT2D eigenvalue weighted by molar-refractivity contribution is 0.0922. The zero-order valence-corrected chi connectivity index (χ0v) is 24.1. The van der Waals surface area contributed by atoms with E-state index in [2.05, 4.69) is 58.6 Å². The van der Waals surface area contributed by atoms with E-state index in [-0.39, 0.29) is 29.4 Å². The van der Waals surface area contributed by atoms with Crippen molar-refractivity contribution in [2.24, 2.45) is 5.73 Å². The Morgan fingerprint density at radius 3 is 2.51 bits per heavy atom. The number of halogens is 1. The van der Waals surface area contributed by atoms with Crippen molar-refractivity contribution in [3.05, 3.63) is 77.7 Å². The fourth-order valence-corrected chi connectivity index (χ4v) is 6.08. The lowest BCUT2D eigenvalue weighted by atomic mass is 9.91. The number of ether oxygens (including phenoxy) is 1. The van der Waals surface area contributed by atoms with Gasteiger partial charge in [-0.3, -0.25) is 4.79 Å². The van der Waals surface area contributed by atoms with Crippen LogP contribution in [-0.4, -0.2) is 59.6 Å². The Bertz CT molecular complexity index is 1320. The highest BCUT2D eigenvalue weighted by Gasteiger charge is 2.24. The van der Waals surface area contributed by atoms with E-state index in [9.17, 15) is 9.18 Å². The van der Waals surface area contributed by atoms with Crippen molar-refractivity contribution >= 4 is 5.91 Å². The minimum atomic E-state index is -0.584. The second-order valence-corrected chi connectivity index (χ2v) is 11.8. The first-order valence-electron chi connectivity index (χ1n) is 14.9. The maximum atomic E-state index is 14.1. The first kappa shape index (κ1) is 29.2. The number of nitrogens with one attached hydrogen (secondary N) is 2. The minimum absolute atomic E-state index is 0.0120. The van der Waals surface area contributed by atoms with Crippen LogP contribution in [0.3, 0.4) is 0 Å². The fraction of sp³-hybridized carbons (Fsp3) is 0.455. The molecule has 1 saturated heterocycles. The molecule has 2 heterocycles. The maximum absolute atomic E-state index is 14.1. The van der Waals surface area contributed by atoms with Crippen LogP contribution in [0.2, 0.25) is 0 Å². The number of pyridine rings is 1. The van der Waals surface area contributed by atoms with Gasteiger partial charge in [-0.1, -0.05) is 36.4 Å². The number of nitrogens with two attached hydrogens (primary N) is 1. The molecule has 1 amide bonds. The zero-order valence-electron chi connectivity index (χ0n) is 24.1. The van der Waals surface area contributed by atoms with Crippen LogP contribution in [0.15, 0.2) is 60.8 Å². The summed E-state index contributed by atoms with van der Waals surface area (Å²) in [5, 5.41) is 6.60. The van der Waals surface area contributed by atoms with Gasteiger partial charge in [0.1, 0.15) is 17.1 Å². The van der Waals surface area contributed by atoms with Gasteiger partial charge in [0, 0.05) is 37.3 Å². The van der Waals surface area contributed by atoms with Gasteiger partial charge in [0.05, 0.1) is 6.20 Å². The molecule has 3 aromatic rings. The second-order valence-electron chi connectivity index (χ2n) is 11.8. The summed E-state index contributed by atoms with van der Waals surface area (Å²) in [7, 11) is 0. The van der Waals surface area contributed by atoms with Crippen LogP contribution >= 0.6 is 0 Å². The number of carbonyl (C=O) groups excluding carboxylic acids is 1. The average Bonchev–Trinajstić information content (AvgIpc) is 2.95. The Kier molecular flexibility index (Phi) is 9.64. The molecule has 2 atom stereocenters. The third-order valence-corrected chi connectivity index (χ3v) is 8.05. The molecule has 0 spiro atoms. The number of benzene rings is 2. The summed E-state index contributed by atoms with van der Waals surface area (Å²) in [5.74, 6) is -0.355. The van der Waals surface area contributed by atoms with Gasteiger partial charge in [-0.15, -0.1) is 0 Å². The number of aromatic nitrogens is 1. The van der Waals surface area contributed by atoms with E-state index in [1.165, 1.54) is 11.6 Å². The van der Waals surface area contributed by atoms with Crippen molar-refractivity contribution < 1.29 is 13.9 Å². The van der Waals surface area contributed by atoms with Crippen molar-refractivity contribution in [3.63, 3.8) is 0 Å². The summed E-state index contributed by atoms with van der Waals surface area (Å²) in [4.78, 5) is 19.7. The van der Waals surface area contributed by atoms with Crippen LogP contribution in [-0.2, 0) is 6.42 Å². The highest BCUT2D eigenvalue weighted by molar-refractivity contribution is 5.96. The van der Waals surface area contributed by atoms with Crippen molar-refractivity contribution in [1.82, 2.24) is 20.5 Å². The van der Waals surface area contributed by atoms with Gasteiger partial charge in [-0.2, -0.15) is 0 Å². The van der Waals surface area contributed by atoms with Gasteiger partial charge < -0.3 is 26.0 Å². The topological polar surface area (TPSA) is 92.5 Å². The number of hydrogen-bond donors (Lipinski definition) is 3. The van der Waals surface area contributed by atoms with Crippen LogP contribution in [0, 0.1) is 5.82 Å². The summed E-state index contributed by atoms with van der Waals surface area (Å²) in [6.45, 7) is 7.79. The van der Waals surface area contributed by atoms with Crippen LogP contribution in [0.25, 0.3) is 11.1 Å². The lowest BCUT2D eigenvalue weighted by Crippen LogP contribution is -2.54. The Morgan fingerprint density at radius 2 is 1.76 bits per heavy atom. The van der Waals surface area contributed by atoms with E-state index in [0.717, 1.165) is 75.5 Å². The standard InChI is InChI=1S/C33H42FN5O2/c1-22-20-39(21-23(2)37-22)15-5-7-24-6-3-8-25(16-24)26-9-4-10-30(17-26)41-33-31(18-27(34)19-36-33)32(40)38-29-13-11-28(35)12-14-29/h3-4,6,8-10,16-19,22-23,28-29,37H,5,7,11-15,20-21,35H2,1-2H3,(H,38,40)/t22-,23+,28?,29?. The van der Waals surface area contributed by atoms with Crippen molar-refractivity contribution in [2.45, 2.75) is 76.5 Å². The Labute approximate surface area is 242 Å². The van der Waals surface area contributed by atoms with E-state index < -0.39 is 5.82 Å². The molecule has 8 heteroatoms. The molecular formula is C33H42FN5O2. The third kappa shape index (κ3) is 8.12. The molecule has 2 aliphatic rings. The maximum Gasteiger partial charge on any atom is 0.257 e. The number of nitrogens with zero attached hydrogens (tertiary/aromatic N) is 2. The van der Waals surface area contributed by atoms with Gasteiger partial charge in [0.2, 0.25) is 5.88 Å². The Hall–Kier alpha value is -3.33. The molecule has 5 rings (SSSR count). The van der Waals surface area contributed by atoms with Gasteiger partial charge in [0.15, 0.2) is 0 Å². The molecule has 7 nitrogen and oxygen atoms in total. The number of hydrogen-bond acceptors (Lipinski definition) is 6. The van der Waals surface area contributed by atoms with E-state index >= 15 is 0 Å². The molecule has 0 radical (unpaired) electrons. The molecule has 1 aliphatic carbocycles. The molecule has 0 unspecified atom stereocenters. The molecular weight excluding hydrogens is 517 g/mol. The third-order valence-electron chi connectivity index (χ3n) is 8.05. The number of aryl methyl sites for hydroxylation is 1. The van der Waals surface area contributed by atoms with E-state index in [4.69, 9.17) is 10.5 Å². The predicted octanol–water partition coefficient (Wildman–Crippen LogP) is 5.29. The average molecular weight is 560 g/mol. The minimum Gasteiger partial charge on any atom is -0.438 e. The van der Waals surface area contributed by atoms with Crippen LogP contribution in [0.4, 0.5) is 4.39 Å². The summed E-state index contributed by atoms with van der Waals surface area (Å²) in [5.41, 5.74) is 9.47. The number of rotatable bonds is 9. The summed E-state index contributed by atoms with van der Waals surface area (Å²) >= 11 is 0. The van der Waals surface area contributed by atoms with E-state index in [0.29, 0.717) is 17.8 Å². The number of carbonyl (C=O) groups is 1. The number of amides is 1. The monoisotopic (exact) mass is 559 g/mol. The van der Waals surface area contributed by atoms with Crippen molar-refractivity contribution in [3.8, 4) is 22.8 Å². The first-order valence-corrected chi connectivity index (χ1v) is 14.9. The van der Waals surface area contributed by atoms with Gasteiger partial charge >= 0.3 is 0 Å². The quantitative estimate of drug-likeness (QED) is 0.330. The van der Waals surface area contributed by atoms with Gasteiger partial charge in [-0.05, 0) is 93.8 Å². The summed E-state index contributed by atoms with van der Waals surface area (Å²) in [6, 6.07) is 18.7. The van der Waals surface area contributed by atoms with Crippen LogP contribution in [0.1, 0.15) is 61.9 Å². The largest absolute Gasteiger partial charge is 0.438 e. The predicted molar refractivity (Wildman–Crippen MR) is 161 cm³/mol. The molecule has 4 N–H and O–H groups in total. The highest BCUT2D eigenvalue weighted by Crippen LogP contribution is 2.29. The van der Waals surface area contributed by atoms with E-state index in [1.807, 2.05) is 24.3 Å². The van der Waals surface area contributed by atoms with Gasteiger partial charge in [0.25, 0.3) is 5.91 Å². The van der Waals surface area contributed by atoms with E-state index in [1.54, 1.807) is 0 Å². The highest BCUT2D eigenvalue weighted by atomic mass is 19.1. The molecule has 41 heavy (non-hydrogen) atoms. The van der Waals surface area contributed by atoms with Gasteiger partial charge in [-0.25, -0.2) is 9.37 Å². The Morgan fingerprint density at radius 1 is 1.05 bits per heavy atom. The molecule has 2 fully saturated rings. The second kappa shape index (κ2) is 13.6. The smallest absolute Gasteiger partial charge is 0.257 e. The van der Waals surface area contributed by atoms with Crippen LogP contribution < -0.4 is 21.1 Å². The van der Waals surface area contributed by atoms with Crippen molar-refractivity contribution in [1.29, 1.82) is 0 Å².